The van der Waals surface area contributed by atoms with Crippen molar-refractivity contribution in [3.05, 3.63) is 56.5 Å². The second-order valence-electron chi connectivity index (χ2n) is 6.04. The summed E-state index contributed by atoms with van der Waals surface area (Å²) in [6.07, 6.45) is 0.841. The third-order valence-electron chi connectivity index (χ3n) is 4.04. The van der Waals surface area contributed by atoms with Gasteiger partial charge in [0.15, 0.2) is 11.5 Å². The van der Waals surface area contributed by atoms with E-state index in [1.807, 2.05) is 32.0 Å². The monoisotopic (exact) mass is 431 g/mol. The zero-order valence-electron chi connectivity index (χ0n) is 15.4. The fraction of sp³-hybridized carbons (Fsp3) is 0.400. The molecule has 0 saturated heterocycles. The molecular formula is C20H24Cl3NO3. The number of hydrogen-bond donors (Lipinski definition) is 2. The summed E-state index contributed by atoms with van der Waals surface area (Å²) in [5.41, 5.74) is 1.83. The van der Waals surface area contributed by atoms with Crippen LogP contribution in [0.15, 0.2) is 30.3 Å². The van der Waals surface area contributed by atoms with Gasteiger partial charge in [0.05, 0.1) is 28.3 Å². The van der Waals surface area contributed by atoms with E-state index in [0.29, 0.717) is 39.7 Å². The van der Waals surface area contributed by atoms with Crippen molar-refractivity contribution < 1.29 is 14.6 Å². The zero-order chi connectivity index (χ0) is 19.8. The van der Waals surface area contributed by atoms with Crippen molar-refractivity contribution >= 4 is 34.8 Å². The van der Waals surface area contributed by atoms with Crippen LogP contribution >= 0.6 is 34.8 Å². The highest BCUT2D eigenvalue weighted by Crippen LogP contribution is 2.37. The lowest BCUT2D eigenvalue weighted by atomic mass is 10.1. The van der Waals surface area contributed by atoms with Crippen molar-refractivity contribution in [3.63, 3.8) is 0 Å². The van der Waals surface area contributed by atoms with Gasteiger partial charge in [-0.1, -0.05) is 47.8 Å². The van der Waals surface area contributed by atoms with Crippen LogP contribution in [0.1, 0.15) is 31.4 Å². The Bertz CT molecular complexity index is 751. The van der Waals surface area contributed by atoms with Gasteiger partial charge in [-0.05, 0) is 48.7 Å². The molecule has 0 aliphatic heterocycles. The lowest BCUT2D eigenvalue weighted by Crippen LogP contribution is -2.31. The van der Waals surface area contributed by atoms with Gasteiger partial charge in [-0.2, -0.15) is 0 Å². The highest BCUT2D eigenvalue weighted by molar-refractivity contribution is 6.42. The minimum absolute atomic E-state index is 0.0462. The topological polar surface area (TPSA) is 50.7 Å². The van der Waals surface area contributed by atoms with Crippen molar-refractivity contribution in [1.82, 2.24) is 5.32 Å². The molecule has 2 aromatic carbocycles. The summed E-state index contributed by atoms with van der Waals surface area (Å²) >= 11 is 18.4. The SMILES string of the molecule is CCOc1cc(CN[C@H](CC)CO)cc(Cl)c1OCc1ccc(Cl)c(Cl)c1. The summed E-state index contributed by atoms with van der Waals surface area (Å²) in [4.78, 5) is 0. The Kier molecular flexibility index (Phi) is 9.00. The molecule has 0 bridgehead atoms. The molecule has 27 heavy (non-hydrogen) atoms. The molecule has 0 amide bonds. The first-order chi connectivity index (χ1) is 13.0. The molecule has 2 aromatic rings. The quantitative estimate of drug-likeness (QED) is 0.521. The molecule has 7 heteroatoms. The van der Waals surface area contributed by atoms with E-state index in [4.69, 9.17) is 44.3 Å². The molecule has 0 aliphatic rings. The smallest absolute Gasteiger partial charge is 0.180 e. The Morgan fingerprint density at radius 1 is 0.963 bits per heavy atom. The van der Waals surface area contributed by atoms with Crippen molar-refractivity contribution in [2.45, 2.75) is 39.5 Å². The van der Waals surface area contributed by atoms with Gasteiger partial charge in [0, 0.05) is 12.6 Å². The molecule has 0 fully saturated rings. The molecule has 0 spiro atoms. The van der Waals surface area contributed by atoms with Gasteiger partial charge in [-0.3, -0.25) is 0 Å². The third kappa shape index (κ3) is 6.44. The number of ether oxygens (including phenoxy) is 2. The Labute approximate surface area is 175 Å². The average Bonchev–Trinajstić information content (AvgIpc) is 2.65. The fourth-order valence-corrected chi connectivity index (χ4v) is 3.12. The molecule has 0 aromatic heterocycles. The summed E-state index contributed by atoms with van der Waals surface area (Å²) in [7, 11) is 0. The van der Waals surface area contributed by atoms with Crippen LogP contribution in [-0.4, -0.2) is 24.4 Å². The van der Waals surface area contributed by atoms with Crippen LogP contribution < -0.4 is 14.8 Å². The molecule has 0 aliphatic carbocycles. The van der Waals surface area contributed by atoms with Gasteiger partial charge in [0.25, 0.3) is 0 Å². The predicted molar refractivity (Wildman–Crippen MR) is 111 cm³/mol. The molecule has 148 valence electrons. The summed E-state index contributed by atoms with van der Waals surface area (Å²) in [6, 6.07) is 9.12. The Hall–Kier alpha value is -1.17. The van der Waals surface area contributed by atoms with Crippen LogP contribution in [0.5, 0.6) is 11.5 Å². The molecule has 0 radical (unpaired) electrons. The standard InChI is InChI=1S/C20H24Cl3NO3/c1-3-15(11-25)24-10-14-8-18(23)20(19(9-14)26-4-2)27-12-13-5-6-16(21)17(22)7-13/h5-9,15,24-25H,3-4,10-12H2,1-2H3/t15-/m1/s1. The zero-order valence-corrected chi connectivity index (χ0v) is 17.7. The normalized spacial score (nSPS) is 12.1. The van der Waals surface area contributed by atoms with Crippen LogP contribution in [0.25, 0.3) is 0 Å². The minimum atomic E-state index is 0.0462. The number of nitrogens with one attached hydrogen (secondary N) is 1. The summed E-state index contributed by atoms with van der Waals surface area (Å²) in [6.45, 7) is 5.37. The Morgan fingerprint density at radius 2 is 1.70 bits per heavy atom. The Morgan fingerprint density at radius 3 is 2.33 bits per heavy atom. The third-order valence-corrected chi connectivity index (χ3v) is 5.06. The maximum atomic E-state index is 9.31. The lowest BCUT2D eigenvalue weighted by molar-refractivity contribution is 0.238. The van der Waals surface area contributed by atoms with Gasteiger partial charge in [-0.25, -0.2) is 0 Å². The molecule has 0 unspecified atom stereocenters. The molecule has 1 atom stereocenters. The van der Waals surface area contributed by atoms with Crippen LogP contribution in [0.4, 0.5) is 0 Å². The Balaban J connectivity index is 2.15. The van der Waals surface area contributed by atoms with Gasteiger partial charge < -0.3 is 19.9 Å². The predicted octanol–water partition coefficient (Wildman–Crippen LogP) is 5.49. The van der Waals surface area contributed by atoms with Crippen molar-refractivity contribution in [2.24, 2.45) is 0 Å². The van der Waals surface area contributed by atoms with Crippen LogP contribution in [-0.2, 0) is 13.2 Å². The average molecular weight is 433 g/mol. The number of hydrogen-bond acceptors (Lipinski definition) is 4. The van der Waals surface area contributed by atoms with Crippen LogP contribution in [0, 0.1) is 0 Å². The second-order valence-corrected chi connectivity index (χ2v) is 7.27. The van der Waals surface area contributed by atoms with E-state index in [9.17, 15) is 5.11 Å². The number of aliphatic hydroxyl groups excluding tert-OH is 1. The van der Waals surface area contributed by atoms with E-state index in [0.717, 1.165) is 17.5 Å². The molecule has 0 heterocycles. The fourth-order valence-electron chi connectivity index (χ4n) is 2.51. The van der Waals surface area contributed by atoms with E-state index < -0.39 is 0 Å². The van der Waals surface area contributed by atoms with E-state index in [1.54, 1.807) is 12.1 Å². The first-order valence-corrected chi connectivity index (χ1v) is 9.98. The summed E-state index contributed by atoms with van der Waals surface area (Å²) in [5, 5.41) is 14.0. The summed E-state index contributed by atoms with van der Waals surface area (Å²) in [5.74, 6) is 1.07. The maximum Gasteiger partial charge on any atom is 0.180 e. The van der Waals surface area contributed by atoms with Crippen molar-refractivity contribution in [3.8, 4) is 11.5 Å². The number of halogens is 3. The molecular weight excluding hydrogens is 409 g/mol. The largest absolute Gasteiger partial charge is 0.490 e. The summed E-state index contributed by atoms with van der Waals surface area (Å²) < 4.78 is 11.6. The highest BCUT2D eigenvalue weighted by atomic mass is 35.5. The number of aliphatic hydroxyl groups is 1. The second kappa shape index (κ2) is 11.0. The van der Waals surface area contributed by atoms with Crippen molar-refractivity contribution in [2.75, 3.05) is 13.2 Å². The lowest BCUT2D eigenvalue weighted by Gasteiger charge is -2.17. The van der Waals surface area contributed by atoms with Gasteiger partial charge in [0.1, 0.15) is 6.61 Å². The molecule has 2 rings (SSSR count). The maximum absolute atomic E-state index is 9.31. The first-order valence-electron chi connectivity index (χ1n) is 8.84. The van der Waals surface area contributed by atoms with Gasteiger partial charge >= 0.3 is 0 Å². The van der Waals surface area contributed by atoms with E-state index in [1.165, 1.54) is 0 Å². The van der Waals surface area contributed by atoms with E-state index >= 15 is 0 Å². The van der Waals surface area contributed by atoms with Crippen molar-refractivity contribution in [1.29, 1.82) is 0 Å². The molecule has 2 N–H and O–H groups in total. The van der Waals surface area contributed by atoms with Crippen LogP contribution in [0.3, 0.4) is 0 Å². The molecule has 4 nitrogen and oxygen atoms in total. The van der Waals surface area contributed by atoms with E-state index in [-0.39, 0.29) is 19.3 Å². The van der Waals surface area contributed by atoms with Gasteiger partial charge in [0.2, 0.25) is 0 Å². The first kappa shape index (κ1) is 22.1. The van der Waals surface area contributed by atoms with E-state index in [2.05, 4.69) is 5.32 Å². The number of benzene rings is 2. The minimum Gasteiger partial charge on any atom is -0.490 e. The molecule has 0 saturated carbocycles. The number of rotatable bonds is 10. The highest BCUT2D eigenvalue weighted by Gasteiger charge is 2.14. The van der Waals surface area contributed by atoms with Gasteiger partial charge in [-0.15, -0.1) is 0 Å². The van der Waals surface area contributed by atoms with Crippen LogP contribution in [0.2, 0.25) is 15.1 Å².